The zero-order valence-electron chi connectivity index (χ0n) is 17.5. The second kappa shape index (κ2) is 10.7. The maximum absolute atomic E-state index is 12.8. The molecule has 2 aliphatic heterocycles. The van der Waals surface area contributed by atoms with Crippen LogP contribution < -0.4 is 10.6 Å². The quantitative estimate of drug-likeness (QED) is 0.190. The fourth-order valence-electron chi connectivity index (χ4n) is 3.06. The maximum Gasteiger partial charge on any atom is 0.409 e. The van der Waals surface area contributed by atoms with Crippen molar-refractivity contribution in [3.05, 3.63) is 34.5 Å². The Morgan fingerprint density at radius 1 is 1.43 bits per heavy atom. The number of oxime groups is 1. The average molecular weight is 554 g/mol. The number of rotatable bonds is 8. The summed E-state index contributed by atoms with van der Waals surface area (Å²) in [4.78, 5) is 58.1. The topological polar surface area (TPSA) is 150 Å². The summed E-state index contributed by atoms with van der Waals surface area (Å²) in [6.07, 6.45) is -4.16. The Balaban J connectivity index is 1.78. The molecule has 0 radical (unpaired) electrons. The Bertz CT molecular complexity index is 1150. The van der Waals surface area contributed by atoms with Gasteiger partial charge in [-0.25, -0.2) is 9.78 Å². The van der Waals surface area contributed by atoms with E-state index < -0.39 is 47.0 Å². The minimum absolute atomic E-state index is 0.0184. The summed E-state index contributed by atoms with van der Waals surface area (Å²) in [5, 5.41) is 18.6. The largest absolute Gasteiger partial charge is 0.477 e. The second-order valence-corrected chi connectivity index (χ2v) is 8.99. The van der Waals surface area contributed by atoms with Crippen LogP contribution in [-0.4, -0.2) is 80.7 Å². The molecule has 0 saturated carbocycles. The molecule has 3 rings (SSSR count). The predicted octanol–water partition coefficient (Wildman–Crippen LogP) is 1.53. The molecule has 3 amide bonds. The Kier molecular flexibility index (Phi) is 8.07. The van der Waals surface area contributed by atoms with Crippen molar-refractivity contribution < 1.29 is 42.3 Å². The fraction of sp³-hybridized carbons (Fsp3) is 0.333. The number of alkyl halides is 4. The zero-order valence-corrected chi connectivity index (χ0v) is 19.8. The van der Waals surface area contributed by atoms with E-state index in [1.54, 1.807) is 0 Å². The SMILES string of the molecule is CON=C(C(=O)NC1C(=O)N2C(C(=O)O)=C(C=CC(F)(F)F)CS[C@H]12)c1csc(NC(=O)CCl)n1. The molecular formula is C18H15ClF3N5O6S2. The summed E-state index contributed by atoms with van der Waals surface area (Å²) >= 11 is 7.39. The Hall–Kier alpha value is -3.11. The number of fused-ring (bicyclic) bond motifs is 1. The number of carbonyl (C=O) groups excluding carboxylic acids is 3. The molecule has 1 aromatic rings. The number of nitrogens with zero attached hydrogens (tertiary/aromatic N) is 3. The van der Waals surface area contributed by atoms with Gasteiger partial charge in [-0.15, -0.1) is 34.7 Å². The van der Waals surface area contributed by atoms with Crippen LogP contribution in [-0.2, 0) is 24.0 Å². The summed E-state index contributed by atoms with van der Waals surface area (Å²) in [5.74, 6) is -4.25. The highest BCUT2D eigenvalue weighted by Gasteiger charge is 2.54. The zero-order chi connectivity index (χ0) is 25.9. The first kappa shape index (κ1) is 26.5. The summed E-state index contributed by atoms with van der Waals surface area (Å²) in [6.45, 7) is 0. The van der Waals surface area contributed by atoms with Gasteiger partial charge < -0.3 is 20.6 Å². The number of amides is 3. The third-order valence-electron chi connectivity index (χ3n) is 4.47. The van der Waals surface area contributed by atoms with Gasteiger partial charge in [0.05, 0.1) is 0 Å². The van der Waals surface area contributed by atoms with E-state index in [2.05, 4.69) is 25.6 Å². The van der Waals surface area contributed by atoms with Gasteiger partial charge in [0, 0.05) is 17.2 Å². The van der Waals surface area contributed by atoms with E-state index in [9.17, 15) is 37.5 Å². The third kappa shape index (κ3) is 5.94. The molecule has 0 spiro atoms. The van der Waals surface area contributed by atoms with Crippen LogP contribution in [0.3, 0.4) is 0 Å². The molecule has 1 fully saturated rings. The number of nitrogens with one attached hydrogen (secondary N) is 2. The molecule has 1 saturated heterocycles. The molecule has 3 heterocycles. The number of anilines is 1. The number of aromatic nitrogens is 1. The van der Waals surface area contributed by atoms with Gasteiger partial charge in [0.1, 0.15) is 35.8 Å². The highest BCUT2D eigenvalue weighted by molar-refractivity contribution is 8.00. The van der Waals surface area contributed by atoms with Crippen molar-refractivity contribution in [2.45, 2.75) is 17.6 Å². The number of hydrogen-bond donors (Lipinski definition) is 3. The molecule has 3 N–H and O–H groups in total. The first-order valence-electron chi connectivity index (χ1n) is 9.37. The van der Waals surface area contributed by atoms with Crippen LogP contribution in [0.15, 0.2) is 34.0 Å². The molecule has 17 heteroatoms. The number of aliphatic carboxylic acids is 1. The normalized spacial score (nSPS) is 20.4. The molecule has 0 aliphatic carbocycles. The van der Waals surface area contributed by atoms with Gasteiger partial charge >= 0.3 is 12.1 Å². The summed E-state index contributed by atoms with van der Waals surface area (Å²) in [6, 6.07) is -1.17. The molecular weight excluding hydrogens is 539 g/mol. The predicted molar refractivity (Wildman–Crippen MR) is 120 cm³/mol. The van der Waals surface area contributed by atoms with Crippen molar-refractivity contribution in [1.29, 1.82) is 0 Å². The van der Waals surface area contributed by atoms with Crippen LogP contribution in [0.1, 0.15) is 5.69 Å². The molecule has 2 atom stereocenters. The van der Waals surface area contributed by atoms with Crippen LogP contribution in [0.25, 0.3) is 0 Å². The van der Waals surface area contributed by atoms with E-state index in [0.29, 0.717) is 6.08 Å². The number of carboxylic acid groups (broad SMARTS) is 1. The van der Waals surface area contributed by atoms with Gasteiger partial charge in [-0.2, -0.15) is 13.2 Å². The van der Waals surface area contributed by atoms with Gasteiger partial charge in [0.15, 0.2) is 10.8 Å². The van der Waals surface area contributed by atoms with Gasteiger partial charge in [-0.1, -0.05) is 11.2 Å². The third-order valence-corrected chi connectivity index (χ3v) is 6.78. The Labute approximate surface area is 208 Å². The minimum atomic E-state index is -4.66. The van der Waals surface area contributed by atoms with E-state index in [1.807, 2.05) is 0 Å². The maximum atomic E-state index is 12.8. The van der Waals surface area contributed by atoms with E-state index in [1.165, 1.54) is 12.5 Å². The molecule has 188 valence electrons. The summed E-state index contributed by atoms with van der Waals surface area (Å²) in [7, 11) is 1.17. The van der Waals surface area contributed by atoms with E-state index in [0.717, 1.165) is 28.0 Å². The lowest BCUT2D eigenvalue weighted by atomic mass is 10.0. The number of allylic oxidation sites excluding steroid dienone is 2. The van der Waals surface area contributed by atoms with Crippen LogP contribution in [0.5, 0.6) is 0 Å². The van der Waals surface area contributed by atoms with Gasteiger partial charge in [0.2, 0.25) is 5.91 Å². The monoisotopic (exact) mass is 553 g/mol. The van der Waals surface area contributed by atoms with Crippen molar-refractivity contribution in [2.75, 3.05) is 24.1 Å². The number of carboxylic acids is 1. The smallest absolute Gasteiger partial charge is 0.409 e. The average Bonchev–Trinajstić information content (AvgIpc) is 3.25. The molecule has 1 aromatic heterocycles. The summed E-state index contributed by atoms with van der Waals surface area (Å²) < 4.78 is 37.6. The Morgan fingerprint density at radius 2 is 2.14 bits per heavy atom. The minimum Gasteiger partial charge on any atom is -0.477 e. The number of carbonyl (C=O) groups is 4. The lowest BCUT2D eigenvalue weighted by Gasteiger charge is -2.49. The lowest BCUT2D eigenvalue weighted by Crippen LogP contribution is -2.71. The molecule has 0 aromatic carbocycles. The van der Waals surface area contributed by atoms with Gasteiger partial charge in [-0.05, 0) is 5.57 Å². The standard InChI is InChI=1S/C18H15ClF3N5O6S2/c1-33-26-10(8-6-35-17(23-8)24-9(28)4-19)13(29)25-11-14(30)27-12(16(31)32)7(5-34-15(11)27)2-3-18(20,21)22/h2-3,6,11,15H,4-5H2,1H3,(H,25,29)(H,31,32)(H,23,24,28)/t11?,15-/m1/s1. The van der Waals surface area contributed by atoms with Crippen LogP contribution in [0.4, 0.5) is 18.3 Å². The number of halogens is 4. The highest BCUT2D eigenvalue weighted by Crippen LogP contribution is 2.41. The van der Waals surface area contributed by atoms with Crippen LogP contribution in [0.2, 0.25) is 0 Å². The van der Waals surface area contributed by atoms with E-state index in [4.69, 9.17) is 11.6 Å². The highest BCUT2D eigenvalue weighted by atomic mass is 35.5. The van der Waals surface area contributed by atoms with Crippen LogP contribution in [0, 0.1) is 0 Å². The number of thiazole rings is 1. The van der Waals surface area contributed by atoms with E-state index in [-0.39, 0.29) is 39.8 Å². The van der Waals surface area contributed by atoms with Crippen molar-refractivity contribution in [3.8, 4) is 0 Å². The summed E-state index contributed by atoms with van der Waals surface area (Å²) in [5.41, 5.74) is -1.09. The van der Waals surface area contributed by atoms with Gasteiger partial charge in [-0.3, -0.25) is 19.3 Å². The molecule has 35 heavy (non-hydrogen) atoms. The van der Waals surface area contributed by atoms with Crippen molar-refractivity contribution in [2.24, 2.45) is 5.16 Å². The molecule has 11 nitrogen and oxygen atoms in total. The van der Waals surface area contributed by atoms with Crippen molar-refractivity contribution in [3.63, 3.8) is 0 Å². The lowest BCUT2D eigenvalue weighted by molar-refractivity contribution is -0.150. The fourth-order valence-corrected chi connectivity index (χ4v) is 5.16. The molecule has 0 bridgehead atoms. The van der Waals surface area contributed by atoms with Crippen molar-refractivity contribution in [1.82, 2.24) is 15.2 Å². The first-order valence-corrected chi connectivity index (χ1v) is 11.8. The van der Waals surface area contributed by atoms with Gasteiger partial charge in [0.25, 0.3) is 11.8 Å². The van der Waals surface area contributed by atoms with E-state index >= 15 is 0 Å². The number of β-lactam (4-membered cyclic amide) rings is 1. The molecule has 2 aliphatic rings. The first-order chi connectivity index (χ1) is 16.5. The number of thioether (sulfide) groups is 1. The van der Waals surface area contributed by atoms with Crippen LogP contribution >= 0.6 is 34.7 Å². The number of hydrogen-bond acceptors (Lipinski definition) is 9. The Morgan fingerprint density at radius 3 is 2.74 bits per heavy atom. The van der Waals surface area contributed by atoms with Crippen molar-refractivity contribution >= 4 is 69.2 Å². The second-order valence-electron chi connectivity index (χ2n) is 6.76. The molecule has 1 unspecified atom stereocenters.